The van der Waals surface area contributed by atoms with Gasteiger partial charge in [0.1, 0.15) is 17.1 Å². The van der Waals surface area contributed by atoms with Crippen LogP contribution in [0.25, 0.3) is 0 Å². The summed E-state index contributed by atoms with van der Waals surface area (Å²) < 4.78 is 6.18. The van der Waals surface area contributed by atoms with Crippen LogP contribution in [0.4, 0.5) is 0 Å². The van der Waals surface area contributed by atoms with Gasteiger partial charge in [-0.1, -0.05) is 31.2 Å². The Hall–Kier alpha value is -2.00. The Kier molecular flexibility index (Phi) is 4.47. The zero-order chi connectivity index (χ0) is 16.4. The van der Waals surface area contributed by atoms with E-state index in [-0.39, 0.29) is 5.75 Å². The molecule has 3 nitrogen and oxygen atoms in total. The van der Waals surface area contributed by atoms with Crippen molar-refractivity contribution in [2.24, 2.45) is 0 Å². The molecule has 0 radical (unpaired) electrons. The summed E-state index contributed by atoms with van der Waals surface area (Å²) >= 11 is 0. The zero-order valence-corrected chi connectivity index (χ0v) is 13.6. The number of hydrogen-bond acceptors (Lipinski definition) is 3. The molecule has 0 aromatic heterocycles. The molecule has 2 aromatic rings. The van der Waals surface area contributed by atoms with E-state index in [4.69, 9.17) is 4.74 Å². The molecule has 1 atom stereocenters. The van der Waals surface area contributed by atoms with Crippen LogP contribution in [-0.2, 0) is 11.2 Å². The van der Waals surface area contributed by atoms with Crippen LogP contribution >= 0.6 is 0 Å². The number of ether oxygens (including phenoxy) is 1. The van der Waals surface area contributed by atoms with Crippen LogP contribution < -0.4 is 4.74 Å². The first-order valence-corrected chi connectivity index (χ1v) is 7.56. The molecule has 2 rings (SSSR count). The van der Waals surface area contributed by atoms with Crippen molar-refractivity contribution >= 4 is 0 Å². The van der Waals surface area contributed by atoms with E-state index >= 15 is 0 Å². The van der Waals surface area contributed by atoms with Crippen LogP contribution in [0.15, 0.2) is 48.5 Å². The SMILES string of the molecule is CCC(C)(Oc1ccc(C(C)(C)O)cc1)c1ccc(O)cc1. The fourth-order valence-electron chi connectivity index (χ4n) is 2.34. The quantitative estimate of drug-likeness (QED) is 0.864. The Morgan fingerprint density at radius 2 is 1.36 bits per heavy atom. The lowest BCUT2D eigenvalue weighted by Crippen LogP contribution is -2.28. The first kappa shape index (κ1) is 16.4. The lowest BCUT2D eigenvalue weighted by atomic mass is 9.92. The average Bonchev–Trinajstić information content (AvgIpc) is 2.47. The van der Waals surface area contributed by atoms with Gasteiger partial charge in [0.05, 0.1) is 5.60 Å². The van der Waals surface area contributed by atoms with Crippen LogP contribution in [0.3, 0.4) is 0 Å². The highest BCUT2D eigenvalue weighted by Crippen LogP contribution is 2.33. The van der Waals surface area contributed by atoms with Crippen molar-refractivity contribution in [3.05, 3.63) is 59.7 Å². The van der Waals surface area contributed by atoms with Gasteiger partial charge in [-0.3, -0.25) is 0 Å². The maximum Gasteiger partial charge on any atom is 0.131 e. The van der Waals surface area contributed by atoms with Crippen molar-refractivity contribution in [2.75, 3.05) is 0 Å². The third-order valence-corrected chi connectivity index (χ3v) is 4.06. The Morgan fingerprint density at radius 3 is 1.82 bits per heavy atom. The second-order valence-electron chi connectivity index (χ2n) is 6.32. The van der Waals surface area contributed by atoms with Gasteiger partial charge in [-0.25, -0.2) is 0 Å². The zero-order valence-electron chi connectivity index (χ0n) is 13.6. The molecule has 0 saturated heterocycles. The predicted molar refractivity (Wildman–Crippen MR) is 88.1 cm³/mol. The first-order chi connectivity index (χ1) is 10.2. The summed E-state index contributed by atoms with van der Waals surface area (Å²) in [5.41, 5.74) is 0.537. The second-order valence-corrected chi connectivity index (χ2v) is 6.32. The third-order valence-electron chi connectivity index (χ3n) is 4.06. The van der Waals surface area contributed by atoms with Crippen LogP contribution in [-0.4, -0.2) is 10.2 Å². The van der Waals surface area contributed by atoms with Crippen molar-refractivity contribution in [3.8, 4) is 11.5 Å². The number of aromatic hydroxyl groups is 1. The Morgan fingerprint density at radius 1 is 0.864 bits per heavy atom. The monoisotopic (exact) mass is 300 g/mol. The van der Waals surface area contributed by atoms with Gasteiger partial charge < -0.3 is 14.9 Å². The summed E-state index contributed by atoms with van der Waals surface area (Å²) in [6.45, 7) is 7.62. The van der Waals surface area contributed by atoms with Crippen molar-refractivity contribution in [2.45, 2.75) is 45.3 Å². The minimum absolute atomic E-state index is 0.247. The van der Waals surface area contributed by atoms with E-state index in [9.17, 15) is 10.2 Å². The maximum atomic E-state index is 10.00. The standard InChI is InChI=1S/C19H24O3/c1-5-19(4,15-6-10-16(20)11-7-15)22-17-12-8-14(9-13-17)18(2,3)21/h6-13,20-21H,5H2,1-4H3. The first-order valence-electron chi connectivity index (χ1n) is 7.56. The van der Waals surface area contributed by atoms with Crippen LogP contribution in [0.5, 0.6) is 11.5 Å². The summed E-state index contributed by atoms with van der Waals surface area (Å²) in [6.07, 6.45) is 0.797. The maximum absolute atomic E-state index is 10.00. The molecule has 0 bridgehead atoms. The molecule has 118 valence electrons. The largest absolute Gasteiger partial charge is 0.508 e. The van der Waals surface area contributed by atoms with E-state index in [1.54, 1.807) is 26.0 Å². The number of phenols is 1. The van der Waals surface area contributed by atoms with Crippen molar-refractivity contribution < 1.29 is 14.9 Å². The van der Waals surface area contributed by atoms with Crippen molar-refractivity contribution in [1.82, 2.24) is 0 Å². The highest BCUT2D eigenvalue weighted by Gasteiger charge is 2.27. The minimum Gasteiger partial charge on any atom is -0.508 e. The fraction of sp³-hybridized carbons (Fsp3) is 0.368. The molecule has 22 heavy (non-hydrogen) atoms. The molecule has 0 heterocycles. The number of phenolic OH excluding ortho intramolecular Hbond substituents is 1. The topological polar surface area (TPSA) is 49.7 Å². The fourth-order valence-corrected chi connectivity index (χ4v) is 2.34. The molecule has 0 spiro atoms. The minimum atomic E-state index is -0.858. The Labute approximate surface area is 132 Å². The van der Waals surface area contributed by atoms with E-state index in [1.807, 2.05) is 43.3 Å². The molecule has 0 aliphatic carbocycles. The van der Waals surface area contributed by atoms with Gasteiger partial charge in [0.25, 0.3) is 0 Å². The van der Waals surface area contributed by atoms with Gasteiger partial charge in [-0.05, 0) is 62.6 Å². The summed E-state index contributed by atoms with van der Waals surface area (Å²) in [7, 11) is 0. The lowest BCUT2D eigenvalue weighted by Gasteiger charge is -2.30. The van der Waals surface area contributed by atoms with Crippen LogP contribution in [0, 0.1) is 0 Å². The molecule has 1 unspecified atom stereocenters. The summed E-state index contributed by atoms with van der Waals surface area (Å²) in [6, 6.07) is 14.6. The van der Waals surface area contributed by atoms with Crippen LogP contribution in [0.2, 0.25) is 0 Å². The molecule has 3 heteroatoms. The van der Waals surface area contributed by atoms with E-state index in [1.165, 1.54) is 0 Å². The molecule has 0 aliphatic heterocycles. The van der Waals surface area contributed by atoms with Gasteiger partial charge in [-0.2, -0.15) is 0 Å². The van der Waals surface area contributed by atoms with E-state index in [0.29, 0.717) is 0 Å². The number of aliphatic hydroxyl groups is 1. The number of benzene rings is 2. The Balaban J connectivity index is 2.24. The normalized spacial score (nSPS) is 14.4. The van der Waals surface area contributed by atoms with E-state index in [2.05, 4.69) is 6.92 Å². The highest BCUT2D eigenvalue weighted by atomic mass is 16.5. The summed E-state index contributed by atoms with van der Waals surface area (Å²) in [4.78, 5) is 0. The molecular formula is C19H24O3. The summed E-state index contributed by atoms with van der Waals surface area (Å²) in [5.74, 6) is 1.00. The molecular weight excluding hydrogens is 276 g/mol. The van der Waals surface area contributed by atoms with Crippen molar-refractivity contribution in [3.63, 3.8) is 0 Å². The molecule has 0 amide bonds. The smallest absolute Gasteiger partial charge is 0.131 e. The van der Waals surface area contributed by atoms with E-state index in [0.717, 1.165) is 23.3 Å². The van der Waals surface area contributed by atoms with Gasteiger partial charge >= 0.3 is 0 Å². The molecule has 0 saturated carbocycles. The average molecular weight is 300 g/mol. The third kappa shape index (κ3) is 3.60. The predicted octanol–water partition coefficient (Wildman–Crippen LogP) is 4.32. The highest BCUT2D eigenvalue weighted by molar-refractivity contribution is 5.34. The molecule has 0 aliphatic rings. The van der Waals surface area contributed by atoms with E-state index < -0.39 is 11.2 Å². The summed E-state index contributed by atoms with van der Waals surface area (Å²) in [5, 5.41) is 19.4. The van der Waals surface area contributed by atoms with Crippen LogP contribution in [0.1, 0.15) is 45.2 Å². The van der Waals surface area contributed by atoms with Gasteiger partial charge in [0.2, 0.25) is 0 Å². The lowest BCUT2D eigenvalue weighted by molar-refractivity contribution is 0.0764. The van der Waals surface area contributed by atoms with Crippen molar-refractivity contribution in [1.29, 1.82) is 0 Å². The molecule has 2 aromatic carbocycles. The number of rotatable bonds is 5. The molecule has 2 N–H and O–H groups in total. The Bertz CT molecular complexity index is 609. The van der Waals surface area contributed by atoms with Gasteiger partial charge in [-0.15, -0.1) is 0 Å². The number of hydrogen-bond donors (Lipinski definition) is 2. The molecule has 0 fully saturated rings. The second kappa shape index (κ2) is 6.01. The van der Waals surface area contributed by atoms with Gasteiger partial charge in [0, 0.05) is 0 Å². The van der Waals surface area contributed by atoms with Gasteiger partial charge in [0.15, 0.2) is 0 Å².